The third kappa shape index (κ3) is 4.02. The number of phenols is 1. The van der Waals surface area contributed by atoms with Crippen LogP contribution in [0.1, 0.15) is 24.0 Å². The Kier molecular flexibility index (Phi) is 5.60. The van der Waals surface area contributed by atoms with Gasteiger partial charge in [0.15, 0.2) is 6.10 Å². The van der Waals surface area contributed by atoms with Crippen LogP contribution in [0.5, 0.6) is 11.5 Å². The highest BCUT2D eigenvalue weighted by Gasteiger charge is 2.30. The van der Waals surface area contributed by atoms with Gasteiger partial charge in [-0.3, -0.25) is 0 Å². The van der Waals surface area contributed by atoms with E-state index in [1.807, 2.05) is 0 Å². The van der Waals surface area contributed by atoms with Crippen LogP contribution in [0.15, 0.2) is 48.5 Å². The summed E-state index contributed by atoms with van der Waals surface area (Å²) in [5.74, 6) is -0.473. The van der Waals surface area contributed by atoms with E-state index < -0.39 is 18.0 Å². The van der Waals surface area contributed by atoms with E-state index in [-0.39, 0.29) is 12.4 Å². The number of methoxy groups -OCH3 is 1. The fourth-order valence-corrected chi connectivity index (χ4v) is 2.41. The summed E-state index contributed by atoms with van der Waals surface area (Å²) >= 11 is 0. The molecule has 122 valence electrons. The zero-order valence-corrected chi connectivity index (χ0v) is 13.1. The van der Waals surface area contributed by atoms with E-state index in [0.29, 0.717) is 11.3 Å². The van der Waals surface area contributed by atoms with Gasteiger partial charge in [-0.15, -0.1) is 0 Å². The highest BCUT2D eigenvalue weighted by molar-refractivity contribution is 5.76. The molecule has 2 N–H and O–H groups in total. The van der Waals surface area contributed by atoms with Gasteiger partial charge < -0.3 is 19.7 Å². The summed E-state index contributed by atoms with van der Waals surface area (Å²) in [7, 11) is 1.57. The Bertz CT molecular complexity index is 633. The molecule has 0 amide bonds. The van der Waals surface area contributed by atoms with Gasteiger partial charge in [-0.05, 0) is 42.3 Å². The van der Waals surface area contributed by atoms with E-state index in [9.17, 15) is 15.0 Å². The van der Waals surface area contributed by atoms with Gasteiger partial charge in [0.2, 0.25) is 0 Å². The predicted octanol–water partition coefficient (Wildman–Crippen LogP) is 2.46. The van der Waals surface area contributed by atoms with Crippen molar-refractivity contribution in [2.24, 2.45) is 0 Å². The van der Waals surface area contributed by atoms with Crippen LogP contribution in [0.3, 0.4) is 0 Å². The highest BCUT2D eigenvalue weighted by Crippen LogP contribution is 2.31. The second kappa shape index (κ2) is 7.65. The van der Waals surface area contributed by atoms with Crippen LogP contribution in [-0.2, 0) is 9.53 Å². The minimum absolute atomic E-state index is 0.118. The number of aliphatic hydroxyl groups excluding tert-OH is 1. The van der Waals surface area contributed by atoms with Crippen molar-refractivity contribution in [1.82, 2.24) is 0 Å². The Morgan fingerprint density at radius 2 is 1.57 bits per heavy atom. The van der Waals surface area contributed by atoms with Crippen LogP contribution in [0.2, 0.25) is 0 Å². The van der Waals surface area contributed by atoms with Gasteiger partial charge in [0.25, 0.3) is 0 Å². The molecular formula is C18H20O5. The quantitative estimate of drug-likeness (QED) is 0.801. The van der Waals surface area contributed by atoms with Crippen molar-refractivity contribution < 1.29 is 24.5 Å². The molecule has 0 fully saturated rings. The first-order valence-corrected chi connectivity index (χ1v) is 7.34. The van der Waals surface area contributed by atoms with Crippen LogP contribution >= 0.6 is 0 Å². The van der Waals surface area contributed by atoms with Gasteiger partial charge >= 0.3 is 5.97 Å². The van der Waals surface area contributed by atoms with E-state index in [0.717, 1.165) is 5.56 Å². The lowest BCUT2D eigenvalue weighted by Gasteiger charge is -2.23. The van der Waals surface area contributed by atoms with Gasteiger partial charge in [0.1, 0.15) is 11.5 Å². The normalized spacial score (nSPS) is 13.2. The number of esters is 1. The van der Waals surface area contributed by atoms with Crippen molar-refractivity contribution >= 4 is 5.97 Å². The molecule has 2 atom stereocenters. The molecule has 0 unspecified atom stereocenters. The van der Waals surface area contributed by atoms with Crippen molar-refractivity contribution in [2.75, 3.05) is 13.7 Å². The average Bonchev–Trinajstić information content (AvgIpc) is 2.57. The van der Waals surface area contributed by atoms with E-state index in [1.165, 1.54) is 12.1 Å². The Morgan fingerprint density at radius 3 is 2.04 bits per heavy atom. The molecule has 5 nitrogen and oxygen atoms in total. The van der Waals surface area contributed by atoms with Crippen molar-refractivity contribution in [3.05, 3.63) is 59.7 Å². The molecule has 0 saturated heterocycles. The van der Waals surface area contributed by atoms with Crippen molar-refractivity contribution in [3.63, 3.8) is 0 Å². The van der Waals surface area contributed by atoms with Gasteiger partial charge in [0.05, 0.1) is 13.7 Å². The molecule has 0 heterocycles. The number of rotatable bonds is 6. The number of benzene rings is 2. The fraction of sp³-hybridized carbons (Fsp3) is 0.278. The summed E-state index contributed by atoms with van der Waals surface area (Å²) in [4.78, 5) is 12.0. The first-order valence-electron chi connectivity index (χ1n) is 7.34. The number of hydrogen-bond donors (Lipinski definition) is 2. The molecular weight excluding hydrogens is 296 g/mol. The summed E-state index contributed by atoms with van der Waals surface area (Å²) in [6, 6.07) is 13.5. The van der Waals surface area contributed by atoms with Crippen LogP contribution in [0.25, 0.3) is 0 Å². The number of carbonyl (C=O) groups is 1. The standard InChI is InChI=1S/C18H20O5/c1-3-23-18(21)17(20)16(12-4-8-14(19)9-5-12)13-6-10-15(22-2)11-7-13/h4-11,16-17,19-20H,3H2,1-2H3/t16-,17+/m0/s1. The van der Waals surface area contributed by atoms with Gasteiger partial charge in [-0.2, -0.15) is 0 Å². The molecule has 2 aromatic rings. The maximum absolute atomic E-state index is 12.0. The minimum Gasteiger partial charge on any atom is -0.508 e. The molecule has 0 aliphatic carbocycles. The van der Waals surface area contributed by atoms with Gasteiger partial charge in [-0.1, -0.05) is 24.3 Å². The molecule has 23 heavy (non-hydrogen) atoms. The summed E-state index contributed by atoms with van der Waals surface area (Å²) in [5, 5.41) is 19.9. The number of phenolic OH excluding ortho intramolecular Hbond substituents is 1. The number of carbonyl (C=O) groups excluding carboxylic acids is 1. The number of aromatic hydroxyl groups is 1. The lowest BCUT2D eigenvalue weighted by atomic mass is 9.86. The SMILES string of the molecule is CCOC(=O)[C@H](O)[C@@H](c1ccc(O)cc1)c1ccc(OC)cc1. The summed E-state index contributed by atoms with van der Waals surface area (Å²) in [6.45, 7) is 1.88. The van der Waals surface area contributed by atoms with Crippen LogP contribution in [-0.4, -0.2) is 36.0 Å². The van der Waals surface area contributed by atoms with E-state index in [4.69, 9.17) is 9.47 Å². The lowest BCUT2D eigenvalue weighted by Crippen LogP contribution is -2.30. The zero-order valence-electron chi connectivity index (χ0n) is 13.1. The van der Waals surface area contributed by atoms with Crippen LogP contribution < -0.4 is 4.74 Å². The number of aliphatic hydroxyl groups is 1. The molecule has 5 heteroatoms. The molecule has 0 aliphatic heterocycles. The summed E-state index contributed by atoms with van der Waals surface area (Å²) in [5.41, 5.74) is 1.45. The predicted molar refractivity (Wildman–Crippen MR) is 85.6 cm³/mol. The molecule has 0 saturated carbocycles. The van der Waals surface area contributed by atoms with Crippen LogP contribution in [0, 0.1) is 0 Å². The molecule has 0 bridgehead atoms. The third-order valence-electron chi connectivity index (χ3n) is 3.57. The number of ether oxygens (including phenoxy) is 2. The van der Waals surface area contributed by atoms with E-state index in [2.05, 4.69) is 0 Å². The molecule has 2 rings (SSSR count). The second-order valence-corrected chi connectivity index (χ2v) is 5.04. The molecule has 2 aromatic carbocycles. The summed E-state index contributed by atoms with van der Waals surface area (Å²) < 4.78 is 10.1. The van der Waals surface area contributed by atoms with E-state index in [1.54, 1.807) is 50.4 Å². The lowest BCUT2D eigenvalue weighted by molar-refractivity contribution is -0.153. The maximum Gasteiger partial charge on any atom is 0.335 e. The average molecular weight is 316 g/mol. The molecule has 0 radical (unpaired) electrons. The second-order valence-electron chi connectivity index (χ2n) is 5.04. The first kappa shape index (κ1) is 16.8. The zero-order chi connectivity index (χ0) is 16.8. The first-order chi connectivity index (χ1) is 11.1. The van der Waals surface area contributed by atoms with Gasteiger partial charge in [0, 0.05) is 5.92 Å². The van der Waals surface area contributed by atoms with Gasteiger partial charge in [-0.25, -0.2) is 4.79 Å². The van der Waals surface area contributed by atoms with Crippen molar-refractivity contribution in [2.45, 2.75) is 18.9 Å². The van der Waals surface area contributed by atoms with E-state index >= 15 is 0 Å². The Labute approximate surface area is 135 Å². The van der Waals surface area contributed by atoms with Crippen molar-refractivity contribution in [1.29, 1.82) is 0 Å². The molecule has 0 spiro atoms. The Balaban J connectivity index is 2.41. The largest absolute Gasteiger partial charge is 0.508 e. The number of hydrogen-bond acceptors (Lipinski definition) is 5. The topological polar surface area (TPSA) is 76.0 Å². The highest BCUT2D eigenvalue weighted by atomic mass is 16.5. The third-order valence-corrected chi connectivity index (χ3v) is 3.57. The maximum atomic E-state index is 12.0. The Hall–Kier alpha value is -2.53. The van der Waals surface area contributed by atoms with Crippen LogP contribution in [0.4, 0.5) is 0 Å². The fourth-order valence-electron chi connectivity index (χ4n) is 2.41. The Morgan fingerprint density at radius 1 is 1.04 bits per heavy atom. The molecule has 0 aromatic heterocycles. The van der Waals surface area contributed by atoms with Crippen molar-refractivity contribution in [3.8, 4) is 11.5 Å². The monoisotopic (exact) mass is 316 g/mol. The smallest absolute Gasteiger partial charge is 0.335 e. The summed E-state index contributed by atoms with van der Waals surface area (Å²) in [6.07, 6.45) is -1.34. The minimum atomic E-state index is -1.34. The molecule has 0 aliphatic rings.